The van der Waals surface area contributed by atoms with Gasteiger partial charge in [0.15, 0.2) is 0 Å². The van der Waals surface area contributed by atoms with Gasteiger partial charge in [-0.3, -0.25) is 4.90 Å². The Labute approximate surface area is 183 Å². The van der Waals surface area contributed by atoms with Crippen LogP contribution in [0.5, 0.6) is 5.75 Å². The predicted octanol–water partition coefficient (Wildman–Crippen LogP) is 4.41. The number of ether oxygens (including phenoxy) is 1. The number of aryl methyl sites for hydroxylation is 2. The van der Waals surface area contributed by atoms with Gasteiger partial charge in [0.2, 0.25) is 0 Å². The fourth-order valence-electron chi connectivity index (χ4n) is 4.98. The first kappa shape index (κ1) is 20.3. The van der Waals surface area contributed by atoms with Crippen molar-refractivity contribution >= 4 is 0 Å². The van der Waals surface area contributed by atoms with Crippen molar-refractivity contribution in [1.82, 2.24) is 10.1 Å². The van der Waals surface area contributed by atoms with Crippen LogP contribution in [0.3, 0.4) is 0 Å². The van der Waals surface area contributed by atoms with E-state index in [9.17, 15) is 5.11 Å². The van der Waals surface area contributed by atoms with Crippen LogP contribution in [-0.2, 0) is 25.8 Å². The molecule has 1 aromatic heterocycles. The average molecular weight is 419 g/mol. The molecule has 0 atom stereocenters. The van der Waals surface area contributed by atoms with Crippen LogP contribution in [-0.4, -0.2) is 41.0 Å². The molecule has 0 bridgehead atoms. The molecule has 0 amide bonds. The summed E-state index contributed by atoms with van der Waals surface area (Å²) in [5, 5.41) is 15.4. The molecule has 0 saturated carbocycles. The Morgan fingerprint density at radius 1 is 1.06 bits per heavy atom. The van der Waals surface area contributed by atoms with Gasteiger partial charge in [0.25, 0.3) is 0 Å². The molecule has 1 aliphatic heterocycles. The third kappa shape index (κ3) is 4.39. The number of aromatic nitrogens is 1. The van der Waals surface area contributed by atoms with Crippen LogP contribution >= 0.6 is 0 Å². The molecule has 3 aromatic rings. The lowest BCUT2D eigenvalue weighted by Gasteiger charge is -2.38. The molecular weight excluding hydrogens is 388 g/mol. The second-order valence-corrected chi connectivity index (χ2v) is 9.01. The predicted molar refractivity (Wildman–Crippen MR) is 120 cm³/mol. The summed E-state index contributed by atoms with van der Waals surface area (Å²) >= 11 is 0. The van der Waals surface area contributed by atoms with Gasteiger partial charge >= 0.3 is 0 Å². The molecule has 31 heavy (non-hydrogen) atoms. The number of methoxy groups -OCH3 is 1. The standard InChI is InChI=1S/C26H30N2O3/c1-30-25-15-21-9-5-8-20(21)14-22(25)18-28-12-10-26(29,11-13-28)17-23-16-24(27-31-23)19-6-3-2-4-7-19/h2-4,6-7,14-16,29H,5,8-13,17-18H2,1H3. The van der Waals surface area contributed by atoms with Crippen molar-refractivity contribution in [3.05, 3.63) is 71.0 Å². The molecule has 0 unspecified atom stereocenters. The zero-order chi connectivity index (χ0) is 21.3. The van der Waals surface area contributed by atoms with Crippen LogP contribution in [0.25, 0.3) is 11.3 Å². The van der Waals surface area contributed by atoms with Crippen LogP contribution in [0.1, 0.15) is 41.7 Å². The summed E-state index contributed by atoms with van der Waals surface area (Å²) in [6.07, 6.45) is 5.53. The third-order valence-corrected chi connectivity index (χ3v) is 6.81. The molecule has 1 fully saturated rings. The van der Waals surface area contributed by atoms with E-state index in [1.807, 2.05) is 36.4 Å². The van der Waals surface area contributed by atoms with Crippen LogP contribution in [0.15, 0.2) is 53.1 Å². The fraction of sp³-hybridized carbons (Fsp3) is 0.423. The topological polar surface area (TPSA) is 58.7 Å². The number of piperidine rings is 1. The maximum absolute atomic E-state index is 11.2. The van der Waals surface area contributed by atoms with Gasteiger partial charge < -0.3 is 14.4 Å². The summed E-state index contributed by atoms with van der Waals surface area (Å²) in [6, 6.07) is 16.5. The van der Waals surface area contributed by atoms with Gasteiger partial charge in [-0.15, -0.1) is 0 Å². The lowest BCUT2D eigenvalue weighted by Crippen LogP contribution is -2.45. The zero-order valence-electron chi connectivity index (χ0n) is 18.1. The van der Waals surface area contributed by atoms with Crippen LogP contribution in [0, 0.1) is 0 Å². The Morgan fingerprint density at radius 2 is 1.81 bits per heavy atom. The zero-order valence-corrected chi connectivity index (χ0v) is 18.1. The number of benzene rings is 2. The molecule has 1 aliphatic carbocycles. The Bertz CT molecular complexity index is 1040. The molecule has 0 radical (unpaired) electrons. The van der Waals surface area contributed by atoms with Crippen molar-refractivity contribution in [1.29, 1.82) is 0 Å². The Morgan fingerprint density at radius 3 is 2.55 bits per heavy atom. The van der Waals surface area contributed by atoms with E-state index in [1.165, 1.54) is 29.5 Å². The van der Waals surface area contributed by atoms with Gasteiger partial charge in [-0.05, 0) is 49.3 Å². The third-order valence-electron chi connectivity index (χ3n) is 6.81. The first-order valence-corrected chi connectivity index (χ1v) is 11.3. The Hall–Kier alpha value is -2.63. The molecule has 1 N–H and O–H groups in total. The highest BCUT2D eigenvalue weighted by molar-refractivity contribution is 5.58. The second-order valence-electron chi connectivity index (χ2n) is 9.01. The SMILES string of the molecule is COc1cc2c(cc1CN1CCC(O)(Cc3cc(-c4ccccc4)no3)CC1)CCC2. The first-order chi connectivity index (χ1) is 15.1. The minimum Gasteiger partial charge on any atom is -0.496 e. The maximum Gasteiger partial charge on any atom is 0.140 e. The first-order valence-electron chi connectivity index (χ1n) is 11.3. The summed E-state index contributed by atoms with van der Waals surface area (Å²) in [7, 11) is 1.76. The van der Waals surface area contributed by atoms with Crippen molar-refractivity contribution in [2.24, 2.45) is 0 Å². The number of aliphatic hydroxyl groups is 1. The number of rotatable bonds is 6. The Kier molecular flexibility index (Phi) is 5.55. The molecule has 2 heterocycles. The van der Waals surface area contributed by atoms with E-state index in [0.717, 1.165) is 61.7 Å². The van der Waals surface area contributed by atoms with E-state index < -0.39 is 5.60 Å². The lowest BCUT2D eigenvalue weighted by atomic mass is 9.87. The largest absolute Gasteiger partial charge is 0.496 e. The van der Waals surface area contributed by atoms with E-state index >= 15 is 0 Å². The number of hydrogen-bond acceptors (Lipinski definition) is 5. The number of fused-ring (bicyclic) bond motifs is 1. The van der Waals surface area contributed by atoms with Gasteiger partial charge in [0, 0.05) is 43.2 Å². The summed E-state index contributed by atoms with van der Waals surface area (Å²) < 4.78 is 11.2. The summed E-state index contributed by atoms with van der Waals surface area (Å²) in [5.74, 6) is 1.74. The highest BCUT2D eigenvalue weighted by Gasteiger charge is 2.34. The average Bonchev–Trinajstić information content (AvgIpc) is 3.44. The van der Waals surface area contributed by atoms with Gasteiger partial charge in [-0.2, -0.15) is 0 Å². The lowest BCUT2D eigenvalue weighted by molar-refractivity contribution is -0.0266. The minimum absolute atomic E-state index is 0.503. The smallest absolute Gasteiger partial charge is 0.140 e. The minimum atomic E-state index is -0.744. The number of nitrogens with zero attached hydrogens (tertiary/aromatic N) is 2. The van der Waals surface area contributed by atoms with Gasteiger partial charge in [-0.25, -0.2) is 0 Å². The van der Waals surface area contributed by atoms with Crippen molar-refractivity contribution in [3.63, 3.8) is 0 Å². The van der Waals surface area contributed by atoms with E-state index in [1.54, 1.807) is 7.11 Å². The molecule has 1 saturated heterocycles. The highest BCUT2D eigenvalue weighted by atomic mass is 16.5. The normalized spacial score (nSPS) is 18.1. The fourth-order valence-corrected chi connectivity index (χ4v) is 4.98. The van der Waals surface area contributed by atoms with Crippen molar-refractivity contribution in [3.8, 4) is 17.0 Å². The van der Waals surface area contributed by atoms with Crippen molar-refractivity contribution < 1.29 is 14.4 Å². The van der Waals surface area contributed by atoms with E-state index in [0.29, 0.717) is 6.42 Å². The summed E-state index contributed by atoms with van der Waals surface area (Å²) in [4.78, 5) is 2.42. The molecule has 5 nitrogen and oxygen atoms in total. The van der Waals surface area contributed by atoms with Crippen LogP contribution < -0.4 is 4.74 Å². The van der Waals surface area contributed by atoms with Crippen LogP contribution in [0.2, 0.25) is 0 Å². The van der Waals surface area contributed by atoms with Crippen molar-refractivity contribution in [2.75, 3.05) is 20.2 Å². The molecular formula is C26H30N2O3. The highest BCUT2D eigenvalue weighted by Crippen LogP contribution is 2.33. The second kappa shape index (κ2) is 8.48. The molecule has 5 rings (SSSR count). The summed E-state index contributed by atoms with van der Waals surface area (Å²) in [5.41, 5.74) is 5.28. The van der Waals surface area contributed by atoms with Gasteiger partial charge in [0.1, 0.15) is 17.2 Å². The van der Waals surface area contributed by atoms with Gasteiger partial charge in [0.05, 0.1) is 12.7 Å². The van der Waals surface area contributed by atoms with Crippen molar-refractivity contribution in [2.45, 2.75) is 50.7 Å². The monoisotopic (exact) mass is 418 g/mol. The Balaban J connectivity index is 1.21. The van der Waals surface area contributed by atoms with E-state index in [-0.39, 0.29) is 0 Å². The molecule has 0 spiro atoms. The molecule has 2 aromatic carbocycles. The number of likely N-dealkylation sites (tertiary alicyclic amines) is 1. The van der Waals surface area contributed by atoms with Crippen LogP contribution in [0.4, 0.5) is 0 Å². The number of hydrogen-bond donors (Lipinski definition) is 1. The molecule has 2 aliphatic rings. The quantitative estimate of drug-likeness (QED) is 0.643. The molecule has 5 heteroatoms. The summed E-state index contributed by atoms with van der Waals surface area (Å²) in [6.45, 7) is 2.58. The van der Waals surface area contributed by atoms with E-state index in [4.69, 9.17) is 9.26 Å². The van der Waals surface area contributed by atoms with Gasteiger partial charge in [-0.1, -0.05) is 41.6 Å². The van der Waals surface area contributed by atoms with E-state index in [2.05, 4.69) is 22.2 Å². The maximum atomic E-state index is 11.2. The molecule has 162 valence electrons.